The predicted octanol–water partition coefficient (Wildman–Crippen LogP) is 1.17. The summed E-state index contributed by atoms with van der Waals surface area (Å²) in [7, 11) is -2.06. The summed E-state index contributed by atoms with van der Waals surface area (Å²) in [5, 5.41) is 0. The van der Waals surface area contributed by atoms with Gasteiger partial charge >= 0.3 is 0 Å². The Morgan fingerprint density at radius 3 is 2.60 bits per heavy atom. The summed E-state index contributed by atoms with van der Waals surface area (Å²) in [5.41, 5.74) is 0.616. The van der Waals surface area contributed by atoms with Crippen LogP contribution in [0.25, 0.3) is 0 Å². The van der Waals surface area contributed by atoms with Crippen molar-refractivity contribution in [3.05, 3.63) is 28.5 Å². The van der Waals surface area contributed by atoms with Crippen molar-refractivity contribution in [1.29, 1.82) is 0 Å². The van der Waals surface area contributed by atoms with Crippen molar-refractivity contribution in [3.63, 3.8) is 0 Å². The molecule has 0 aliphatic rings. The van der Waals surface area contributed by atoms with E-state index in [2.05, 4.69) is 20.9 Å². The zero-order chi connectivity index (χ0) is 11.5. The van der Waals surface area contributed by atoms with E-state index in [9.17, 15) is 8.42 Å². The molecule has 0 aromatic carbocycles. The van der Waals surface area contributed by atoms with Gasteiger partial charge in [0.2, 0.25) is 10.0 Å². The van der Waals surface area contributed by atoms with Crippen LogP contribution in [0.2, 0.25) is 0 Å². The van der Waals surface area contributed by atoms with Crippen LogP contribution in [0, 0.1) is 0 Å². The Morgan fingerprint density at radius 1 is 1.53 bits per heavy atom. The number of hydrogen-bond acceptors (Lipinski definition) is 4. The van der Waals surface area contributed by atoms with Crippen LogP contribution in [-0.2, 0) is 21.4 Å². The van der Waals surface area contributed by atoms with Crippen molar-refractivity contribution in [1.82, 2.24) is 9.45 Å². The highest BCUT2D eigenvalue weighted by Gasteiger charge is 2.16. The maximum Gasteiger partial charge on any atom is 0.233 e. The van der Waals surface area contributed by atoms with E-state index < -0.39 is 10.0 Å². The second kappa shape index (κ2) is 5.02. The van der Waals surface area contributed by atoms with Gasteiger partial charge < -0.3 is 0 Å². The fraction of sp³-hybridized carbons (Fsp3) is 0.375. The van der Waals surface area contributed by atoms with E-state index in [1.807, 2.05) is 0 Å². The van der Waals surface area contributed by atoms with E-state index in [1.165, 1.54) is 7.11 Å². The Morgan fingerprint density at radius 2 is 2.20 bits per heavy atom. The molecule has 7 heteroatoms. The first-order valence-corrected chi connectivity index (χ1v) is 6.70. The van der Waals surface area contributed by atoms with Gasteiger partial charge in [0.25, 0.3) is 0 Å². The van der Waals surface area contributed by atoms with Gasteiger partial charge in [0.15, 0.2) is 0 Å². The molecule has 0 aliphatic carbocycles. The third-order valence-electron chi connectivity index (χ3n) is 1.65. The standard InChI is InChI=1S/C8H11BrN2O3S/c1-14-11(15(2,12)13)6-8-4-3-7(9)5-10-8/h3-5H,6H2,1-2H3. The minimum Gasteiger partial charge on any atom is -0.287 e. The first-order valence-electron chi connectivity index (χ1n) is 4.05. The first kappa shape index (κ1) is 12.6. The Kier molecular flexibility index (Phi) is 4.21. The molecule has 0 saturated heterocycles. The summed E-state index contributed by atoms with van der Waals surface area (Å²) in [4.78, 5) is 8.79. The molecule has 15 heavy (non-hydrogen) atoms. The lowest BCUT2D eigenvalue weighted by Crippen LogP contribution is -2.28. The van der Waals surface area contributed by atoms with Gasteiger partial charge in [0, 0.05) is 10.7 Å². The second-order valence-electron chi connectivity index (χ2n) is 2.87. The molecule has 0 spiro atoms. The maximum absolute atomic E-state index is 11.2. The molecular formula is C8H11BrN2O3S. The number of sulfonamides is 1. The van der Waals surface area contributed by atoms with Crippen LogP contribution < -0.4 is 0 Å². The van der Waals surface area contributed by atoms with Gasteiger partial charge in [-0.05, 0) is 28.1 Å². The van der Waals surface area contributed by atoms with E-state index in [-0.39, 0.29) is 6.54 Å². The van der Waals surface area contributed by atoms with Gasteiger partial charge in [-0.25, -0.2) is 8.42 Å². The van der Waals surface area contributed by atoms with Crippen molar-refractivity contribution >= 4 is 26.0 Å². The van der Waals surface area contributed by atoms with Crippen molar-refractivity contribution in [2.75, 3.05) is 13.4 Å². The molecule has 84 valence electrons. The van der Waals surface area contributed by atoms with Crippen molar-refractivity contribution < 1.29 is 13.3 Å². The minimum absolute atomic E-state index is 0.0998. The van der Waals surface area contributed by atoms with Gasteiger partial charge in [0.05, 0.1) is 25.6 Å². The molecule has 0 radical (unpaired) electrons. The number of pyridine rings is 1. The highest BCUT2D eigenvalue weighted by atomic mass is 79.9. The summed E-state index contributed by atoms with van der Waals surface area (Å²) in [6.07, 6.45) is 2.68. The fourth-order valence-electron chi connectivity index (χ4n) is 0.949. The van der Waals surface area contributed by atoms with Crippen LogP contribution in [-0.4, -0.2) is 31.2 Å². The quantitative estimate of drug-likeness (QED) is 0.782. The largest absolute Gasteiger partial charge is 0.287 e. The number of rotatable bonds is 4. The molecule has 1 heterocycles. The smallest absolute Gasteiger partial charge is 0.233 e. The molecule has 0 aliphatic heterocycles. The summed E-state index contributed by atoms with van der Waals surface area (Å²) in [6, 6.07) is 3.51. The highest BCUT2D eigenvalue weighted by Crippen LogP contribution is 2.10. The molecule has 0 N–H and O–H groups in total. The molecule has 0 bridgehead atoms. The zero-order valence-electron chi connectivity index (χ0n) is 8.34. The van der Waals surface area contributed by atoms with Gasteiger partial charge in [-0.1, -0.05) is 4.47 Å². The van der Waals surface area contributed by atoms with Crippen LogP contribution >= 0.6 is 15.9 Å². The normalized spacial score (nSPS) is 12.0. The van der Waals surface area contributed by atoms with Gasteiger partial charge in [0.1, 0.15) is 0 Å². The second-order valence-corrected chi connectivity index (χ2v) is 5.66. The van der Waals surface area contributed by atoms with Gasteiger partial charge in [-0.15, -0.1) is 0 Å². The molecule has 1 aromatic heterocycles. The van der Waals surface area contributed by atoms with Gasteiger partial charge in [-0.2, -0.15) is 0 Å². The summed E-state index contributed by atoms with van der Waals surface area (Å²) in [6.45, 7) is 0.0998. The summed E-state index contributed by atoms with van der Waals surface area (Å²) in [5.74, 6) is 0. The third-order valence-corrected chi connectivity index (χ3v) is 3.14. The minimum atomic E-state index is -3.36. The van der Waals surface area contributed by atoms with Crippen molar-refractivity contribution in [2.45, 2.75) is 6.54 Å². The van der Waals surface area contributed by atoms with E-state index in [4.69, 9.17) is 4.84 Å². The van der Waals surface area contributed by atoms with E-state index in [0.29, 0.717) is 5.69 Å². The van der Waals surface area contributed by atoms with E-state index >= 15 is 0 Å². The summed E-state index contributed by atoms with van der Waals surface area (Å²) >= 11 is 3.24. The lowest BCUT2D eigenvalue weighted by molar-refractivity contribution is -0.0557. The lowest BCUT2D eigenvalue weighted by Gasteiger charge is -2.15. The SMILES string of the molecule is CON(Cc1ccc(Br)cn1)S(C)(=O)=O. The average molecular weight is 295 g/mol. The highest BCUT2D eigenvalue weighted by molar-refractivity contribution is 9.10. The molecular weight excluding hydrogens is 284 g/mol. The molecule has 0 unspecified atom stereocenters. The van der Waals surface area contributed by atoms with Crippen LogP contribution in [0.5, 0.6) is 0 Å². The number of hydrogen-bond donors (Lipinski definition) is 0. The molecule has 0 amide bonds. The predicted molar refractivity (Wildman–Crippen MR) is 59.3 cm³/mol. The monoisotopic (exact) mass is 294 g/mol. The fourth-order valence-corrected chi connectivity index (χ4v) is 1.82. The Labute approximate surface area is 97.2 Å². The van der Waals surface area contributed by atoms with E-state index in [1.54, 1.807) is 18.3 Å². The molecule has 0 saturated carbocycles. The van der Waals surface area contributed by atoms with Crippen molar-refractivity contribution in [3.8, 4) is 0 Å². The van der Waals surface area contributed by atoms with Crippen molar-refractivity contribution in [2.24, 2.45) is 0 Å². The number of nitrogens with zero attached hydrogens (tertiary/aromatic N) is 2. The van der Waals surface area contributed by atoms with Gasteiger partial charge in [-0.3, -0.25) is 9.82 Å². The third kappa shape index (κ3) is 3.86. The number of aromatic nitrogens is 1. The molecule has 0 atom stereocenters. The number of halogens is 1. The van der Waals surface area contributed by atoms with Crippen LogP contribution in [0.3, 0.4) is 0 Å². The maximum atomic E-state index is 11.2. The molecule has 1 aromatic rings. The van der Waals surface area contributed by atoms with E-state index in [0.717, 1.165) is 15.2 Å². The summed E-state index contributed by atoms with van der Waals surface area (Å²) < 4.78 is 24.1. The Hall–Kier alpha value is -0.500. The first-order chi connectivity index (χ1) is 6.93. The topological polar surface area (TPSA) is 59.5 Å². The number of hydroxylamine groups is 1. The molecule has 5 nitrogen and oxygen atoms in total. The zero-order valence-corrected chi connectivity index (χ0v) is 10.7. The average Bonchev–Trinajstić information content (AvgIpc) is 2.15. The Balaban J connectivity index is 2.80. The van der Waals surface area contributed by atoms with Crippen LogP contribution in [0.15, 0.2) is 22.8 Å². The lowest BCUT2D eigenvalue weighted by atomic mass is 10.4. The molecule has 1 rings (SSSR count). The Bertz CT molecular complexity index is 418. The van der Waals surface area contributed by atoms with Crippen LogP contribution in [0.1, 0.15) is 5.69 Å². The molecule has 0 fully saturated rings. The van der Waals surface area contributed by atoms with Crippen LogP contribution in [0.4, 0.5) is 0 Å².